The molecule has 27 heavy (non-hydrogen) atoms. The first-order valence-electron chi connectivity index (χ1n) is 8.67. The maximum absolute atomic E-state index is 13.0. The van der Waals surface area contributed by atoms with Crippen molar-refractivity contribution in [3.05, 3.63) is 53.7 Å². The van der Waals surface area contributed by atoms with Gasteiger partial charge >= 0.3 is 6.18 Å². The molecule has 9 heteroatoms. The minimum absolute atomic E-state index is 0.0861. The molecule has 4 heterocycles. The van der Waals surface area contributed by atoms with Gasteiger partial charge in [-0.05, 0) is 37.1 Å². The highest BCUT2D eigenvalue weighted by Gasteiger charge is 2.33. The molecule has 1 aliphatic heterocycles. The number of halogens is 3. The smallest absolute Gasteiger partial charge is 0.347 e. The number of amides is 1. The number of likely N-dealkylation sites (tertiary alicyclic amines) is 1. The van der Waals surface area contributed by atoms with Crippen molar-refractivity contribution in [2.45, 2.75) is 24.9 Å². The van der Waals surface area contributed by atoms with Crippen LogP contribution in [0, 0.1) is 0 Å². The standard InChI is InChI=1S/C18H18F3N5O/c1-24-8-3-5-14(24)17(27)25-9-2-4-12(10-25)16-23-22-15-7-6-13(11-26(15)16)18(19,20)21/h3,5-8,11-12H,2,4,9-10H2,1H3. The second kappa shape index (κ2) is 6.40. The lowest BCUT2D eigenvalue weighted by Crippen LogP contribution is -2.40. The number of aromatic nitrogens is 4. The Morgan fingerprint density at radius 3 is 2.74 bits per heavy atom. The van der Waals surface area contributed by atoms with Crippen LogP contribution in [0.4, 0.5) is 13.2 Å². The third kappa shape index (κ3) is 3.17. The highest BCUT2D eigenvalue weighted by Crippen LogP contribution is 2.31. The normalized spacial score (nSPS) is 18.2. The monoisotopic (exact) mass is 377 g/mol. The topological polar surface area (TPSA) is 55.4 Å². The molecule has 3 aromatic heterocycles. The first-order valence-corrected chi connectivity index (χ1v) is 8.67. The van der Waals surface area contributed by atoms with Crippen molar-refractivity contribution in [3.8, 4) is 0 Å². The second-order valence-corrected chi connectivity index (χ2v) is 6.80. The van der Waals surface area contributed by atoms with Crippen LogP contribution < -0.4 is 0 Å². The van der Waals surface area contributed by atoms with Crippen LogP contribution >= 0.6 is 0 Å². The zero-order valence-electron chi connectivity index (χ0n) is 14.6. The molecule has 1 fully saturated rings. The molecule has 0 saturated carbocycles. The van der Waals surface area contributed by atoms with Crippen LogP contribution in [0.15, 0.2) is 36.7 Å². The number of hydrogen-bond donors (Lipinski definition) is 0. The number of carbonyl (C=O) groups is 1. The maximum Gasteiger partial charge on any atom is 0.417 e. The Labute approximate surface area is 153 Å². The summed E-state index contributed by atoms with van der Waals surface area (Å²) in [5.41, 5.74) is 0.202. The third-order valence-electron chi connectivity index (χ3n) is 4.99. The predicted octanol–water partition coefficient (Wildman–Crippen LogP) is 3.11. The van der Waals surface area contributed by atoms with Crippen LogP contribution in [-0.4, -0.2) is 43.1 Å². The Kier molecular flexibility index (Phi) is 4.16. The van der Waals surface area contributed by atoms with Gasteiger partial charge in [0.05, 0.1) is 5.56 Å². The number of fused-ring (bicyclic) bond motifs is 1. The minimum Gasteiger partial charge on any atom is -0.347 e. The largest absolute Gasteiger partial charge is 0.417 e. The van der Waals surface area contributed by atoms with Crippen molar-refractivity contribution in [1.29, 1.82) is 0 Å². The Balaban J connectivity index is 1.63. The van der Waals surface area contributed by atoms with E-state index in [0.717, 1.165) is 25.1 Å². The third-order valence-corrected chi connectivity index (χ3v) is 4.99. The van der Waals surface area contributed by atoms with Gasteiger partial charge in [-0.2, -0.15) is 13.2 Å². The molecule has 1 unspecified atom stereocenters. The zero-order chi connectivity index (χ0) is 19.2. The highest BCUT2D eigenvalue weighted by molar-refractivity contribution is 5.92. The number of nitrogens with zero attached hydrogens (tertiary/aromatic N) is 5. The van der Waals surface area contributed by atoms with Gasteiger partial charge in [0.25, 0.3) is 5.91 Å². The first kappa shape index (κ1) is 17.6. The van der Waals surface area contributed by atoms with Crippen molar-refractivity contribution in [2.24, 2.45) is 7.05 Å². The predicted molar refractivity (Wildman–Crippen MR) is 91.3 cm³/mol. The van der Waals surface area contributed by atoms with Crippen LogP contribution in [-0.2, 0) is 13.2 Å². The van der Waals surface area contributed by atoms with Gasteiger partial charge in [-0.25, -0.2) is 0 Å². The van der Waals surface area contributed by atoms with Crippen molar-refractivity contribution in [2.75, 3.05) is 13.1 Å². The molecule has 0 N–H and O–H groups in total. The molecule has 1 amide bonds. The van der Waals surface area contributed by atoms with Crippen LogP contribution in [0.5, 0.6) is 0 Å². The van der Waals surface area contributed by atoms with Crippen LogP contribution in [0.3, 0.4) is 0 Å². The van der Waals surface area contributed by atoms with Crippen molar-refractivity contribution in [1.82, 2.24) is 24.1 Å². The summed E-state index contributed by atoms with van der Waals surface area (Å²) in [5.74, 6) is 0.207. The summed E-state index contributed by atoms with van der Waals surface area (Å²) in [6, 6.07) is 5.88. The molecule has 142 valence electrons. The van der Waals surface area contributed by atoms with Gasteiger partial charge in [0.1, 0.15) is 11.5 Å². The quantitative estimate of drug-likeness (QED) is 0.690. The molecule has 0 bridgehead atoms. The van der Waals surface area contributed by atoms with E-state index < -0.39 is 11.7 Å². The van der Waals surface area contributed by atoms with Gasteiger partial charge in [0.2, 0.25) is 0 Å². The average molecular weight is 377 g/mol. The van der Waals surface area contributed by atoms with E-state index in [0.29, 0.717) is 30.3 Å². The summed E-state index contributed by atoms with van der Waals surface area (Å²) in [6.45, 7) is 1.02. The number of pyridine rings is 1. The molecule has 4 rings (SSSR count). The summed E-state index contributed by atoms with van der Waals surface area (Å²) < 4.78 is 42.3. The lowest BCUT2D eigenvalue weighted by Gasteiger charge is -2.32. The Hall–Kier alpha value is -2.84. The fraction of sp³-hybridized carbons (Fsp3) is 0.389. The van der Waals surface area contributed by atoms with Crippen molar-refractivity contribution in [3.63, 3.8) is 0 Å². The lowest BCUT2D eigenvalue weighted by molar-refractivity contribution is -0.137. The highest BCUT2D eigenvalue weighted by atomic mass is 19.4. The van der Waals surface area contributed by atoms with Crippen molar-refractivity contribution >= 4 is 11.6 Å². The lowest BCUT2D eigenvalue weighted by atomic mass is 9.97. The average Bonchev–Trinajstić information content (AvgIpc) is 3.26. The van der Waals surface area contributed by atoms with Crippen molar-refractivity contribution < 1.29 is 18.0 Å². The molecule has 1 aliphatic rings. The summed E-state index contributed by atoms with van der Waals surface area (Å²) in [4.78, 5) is 14.5. The Bertz CT molecular complexity index is 990. The summed E-state index contributed by atoms with van der Waals surface area (Å²) >= 11 is 0. The molecule has 1 saturated heterocycles. The first-order chi connectivity index (χ1) is 12.8. The molecule has 6 nitrogen and oxygen atoms in total. The van der Waals surface area contributed by atoms with Crippen LogP contribution in [0.25, 0.3) is 5.65 Å². The zero-order valence-corrected chi connectivity index (χ0v) is 14.6. The van der Waals surface area contributed by atoms with Gasteiger partial charge < -0.3 is 9.47 Å². The number of hydrogen-bond acceptors (Lipinski definition) is 3. The van der Waals surface area contributed by atoms with E-state index in [1.54, 1.807) is 34.8 Å². The van der Waals surface area contributed by atoms with E-state index >= 15 is 0 Å². The summed E-state index contributed by atoms with van der Waals surface area (Å²) in [7, 11) is 1.80. The van der Waals surface area contributed by atoms with Gasteiger partial charge in [0, 0.05) is 38.4 Å². The van der Waals surface area contributed by atoms with E-state index in [4.69, 9.17) is 0 Å². The van der Waals surface area contributed by atoms with E-state index in [1.165, 1.54) is 10.5 Å². The van der Waals surface area contributed by atoms with Gasteiger partial charge in [-0.3, -0.25) is 9.20 Å². The number of carbonyl (C=O) groups excluding carboxylic acids is 1. The van der Waals surface area contributed by atoms with Gasteiger partial charge in [-0.1, -0.05) is 0 Å². The van der Waals surface area contributed by atoms with E-state index in [-0.39, 0.29) is 11.8 Å². The molecule has 0 aromatic carbocycles. The van der Waals surface area contributed by atoms with Crippen LogP contribution in [0.1, 0.15) is 40.6 Å². The number of piperidine rings is 1. The Morgan fingerprint density at radius 1 is 1.22 bits per heavy atom. The maximum atomic E-state index is 13.0. The van der Waals surface area contributed by atoms with E-state index in [2.05, 4.69) is 10.2 Å². The molecular weight excluding hydrogens is 359 g/mol. The molecule has 1 atom stereocenters. The molecular formula is C18H18F3N5O. The molecule has 3 aromatic rings. The van der Waals surface area contributed by atoms with E-state index in [9.17, 15) is 18.0 Å². The van der Waals surface area contributed by atoms with Gasteiger partial charge in [-0.15, -0.1) is 10.2 Å². The molecule has 0 spiro atoms. The minimum atomic E-state index is -4.43. The van der Waals surface area contributed by atoms with E-state index in [1.807, 2.05) is 0 Å². The fourth-order valence-electron chi connectivity index (χ4n) is 3.57. The molecule has 0 radical (unpaired) electrons. The summed E-state index contributed by atoms with van der Waals surface area (Å²) in [5, 5.41) is 8.11. The fourth-order valence-corrected chi connectivity index (χ4v) is 3.57. The van der Waals surface area contributed by atoms with Crippen LogP contribution in [0.2, 0.25) is 0 Å². The summed E-state index contributed by atoms with van der Waals surface area (Å²) in [6.07, 6.45) is -0.0958. The SMILES string of the molecule is Cn1cccc1C(=O)N1CCCC(c2nnc3ccc(C(F)(F)F)cn23)C1. The second-order valence-electron chi connectivity index (χ2n) is 6.80. The number of rotatable bonds is 2. The number of aryl methyl sites for hydroxylation is 1. The number of alkyl halides is 3. The van der Waals surface area contributed by atoms with Gasteiger partial charge in [0.15, 0.2) is 5.65 Å². The molecule has 0 aliphatic carbocycles. The Morgan fingerprint density at radius 2 is 2.04 bits per heavy atom.